The van der Waals surface area contributed by atoms with Gasteiger partial charge >= 0.3 is 0 Å². The first-order chi connectivity index (χ1) is 5.48. The first-order valence-corrected chi connectivity index (χ1v) is 5.16. The van der Waals surface area contributed by atoms with Crippen LogP contribution in [0.3, 0.4) is 0 Å². The maximum absolute atomic E-state index is 9.75. The standard InChI is InChI=1S/C11H20O/c1-11(2,3)9-5-7-4-8(9)10(12)6-7/h7-10,12H,4-6H2,1-3H3/t7-,8+,9+,10+/m0/s1. The lowest BCUT2D eigenvalue weighted by Gasteiger charge is -2.36. The third-order valence-corrected chi connectivity index (χ3v) is 3.89. The first kappa shape index (κ1) is 8.55. The molecule has 1 heteroatoms. The predicted octanol–water partition coefficient (Wildman–Crippen LogP) is 2.44. The molecule has 2 rings (SSSR count). The number of hydrogen-bond acceptors (Lipinski definition) is 1. The van der Waals surface area contributed by atoms with Crippen molar-refractivity contribution in [1.82, 2.24) is 0 Å². The Morgan fingerprint density at radius 3 is 2.08 bits per heavy atom. The Hall–Kier alpha value is -0.0400. The van der Waals surface area contributed by atoms with E-state index in [0.717, 1.165) is 18.3 Å². The van der Waals surface area contributed by atoms with E-state index in [1.54, 1.807) is 0 Å². The van der Waals surface area contributed by atoms with Gasteiger partial charge in [0, 0.05) is 0 Å². The van der Waals surface area contributed by atoms with E-state index < -0.39 is 0 Å². The van der Waals surface area contributed by atoms with E-state index >= 15 is 0 Å². The van der Waals surface area contributed by atoms with Crippen molar-refractivity contribution in [3.8, 4) is 0 Å². The summed E-state index contributed by atoms with van der Waals surface area (Å²) in [6.45, 7) is 6.93. The molecular weight excluding hydrogens is 148 g/mol. The molecule has 2 aliphatic rings. The molecule has 4 atom stereocenters. The van der Waals surface area contributed by atoms with Gasteiger partial charge in [-0.15, -0.1) is 0 Å². The van der Waals surface area contributed by atoms with E-state index in [1.165, 1.54) is 12.8 Å². The van der Waals surface area contributed by atoms with Crippen molar-refractivity contribution in [3.05, 3.63) is 0 Å². The van der Waals surface area contributed by atoms with Gasteiger partial charge in [-0.3, -0.25) is 0 Å². The van der Waals surface area contributed by atoms with Crippen LogP contribution in [0.5, 0.6) is 0 Å². The van der Waals surface area contributed by atoms with Crippen LogP contribution in [0.25, 0.3) is 0 Å². The normalized spacial score (nSPS) is 47.0. The van der Waals surface area contributed by atoms with Crippen LogP contribution in [-0.2, 0) is 0 Å². The molecule has 70 valence electrons. The average molecular weight is 168 g/mol. The summed E-state index contributed by atoms with van der Waals surface area (Å²) in [4.78, 5) is 0. The highest BCUT2D eigenvalue weighted by molar-refractivity contribution is 4.99. The fourth-order valence-corrected chi connectivity index (χ4v) is 3.31. The number of fused-ring (bicyclic) bond motifs is 2. The fraction of sp³-hybridized carbons (Fsp3) is 1.00. The molecule has 0 aromatic heterocycles. The third-order valence-electron chi connectivity index (χ3n) is 3.89. The largest absolute Gasteiger partial charge is 0.393 e. The molecule has 0 saturated heterocycles. The van der Waals surface area contributed by atoms with Crippen LogP contribution in [0, 0.1) is 23.2 Å². The van der Waals surface area contributed by atoms with Gasteiger partial charge in [0.25, 0.3) is 0 Å². The van der Waals surface area contributed by atoms with Gasteiger partial charge < -0.3 is 5.11 Å². The van der Waals surface area contributed by atoms with Crippen molar-refractivity contribution in [2.24, 2.45) is 23.2 Å². The van der Waals surface area contributed by atoms with Crippen LogP contribution in [0.4, 0.5) is 0 Å². The Labute approximate surface area is 75.2 Å². The van der Waals surface area contributed by atoms with E-state index in [2.05, 4.69) is 20.8 Å². The van der Waals surface area contributed by atoms with Gasteiger partial charge in [-0.25, -0.2) is 0 Å². The topological polar surface area (TPSA) is 20.2 Å². The zero-order valence-corrected chi connectivity index (χ0v) is 8.38. The van der Waals surface area contributed by atoms with Crippen LogP contribution in [0.1, 0.15) is 40.0 Å². The maximum atomic E-state index is 9.75. The van der Waals surface area contributed by atoms with Crippen LogP contribution in [-0.4, -0.2) is 11.2 Å². The first-order valence-electron chi connectivity index (χ1n) is 5.16. The predicted molar refractivity (Wildman–Crippen MR) is 49.8 cm³/mol. The molecule has 0 amide bonds. The number of aliphatic hydroxyl groups excluding tert-OH is 1. The molecule has 1 nitrogen and oxygen atoms in total. The third kappa shape index (κ3) is 1.19. The van der Waals surface area contributed by atoms with Gasteiger partial charge in [0.05, 0.1) is 6.10 Å². The van der Waals surface area contributed by atoms with Crippen molar-refractivity contribution in [2.75, 3.05) is 0 Å². The number of hydrogen-bond donors (Lipinski definition) is 1. The molecule has 0 aliphatic heterocycles. The molecule has 2 saturated carbocycles. The molecule has 2 fully saturated rings. The van der Waals surface area contributed by atoms with Gasteiger partial charge in [-0.1, -0.05) is 20.8 Å². The van der Waals surface area contributed by atoms with Crippen molar-refractivity contribution >= 4 is 0 Å². The molecule has 0 heterocycles. The summed E-state index contributed by atoms with van der Waals surface area (Å²) in [7, 11) is 0. The fourth-order valence-electron chi connectivity index (χ4n) is 3.31. The van der Waals surface area contributed by atoms with Crippen LogP contribution in [0.2, 0.25) is 0 Å². The van der Waals surface area contributed by atoms with E-state index in [9.17, 15) is 5.11 Å². The van der Waals surface area contributed by atoms with E-state index in [4.69, 9.17) is 0 Å². The van der Waals surface area contributed by atoms with Crippen molar-refractivity contribution in [3.63, 3.8) is 0 Å². The summed E-state index contributed by atoms with van der Waals surface area (Å²) in [6, 6.07) is 0. The second-order valence-corrected chi connectivity index (χ2v) is 5.78. The van der Waals surface area contributed by atoms with E-state index in [1.807, 2.05) is 0 Å². The molecule has 1 N–H and O–H groups in total. The summed E-state index contributed by atoms with van der Waals surface area (Å²) in [5.74, 6) is 2.23. The van der Waals surface area contributed by atoms with Crippen LogP contribution < -0.4 is 0 Å². The Bertz CT molecular complexity index is 180. The second-order valence-electron chi connectivity index (χ2n) is 5.78. The summed E-state index contributed by atoms with van der Waals surface area (Å²) in [5.41, 5.74) is 0.404. The number of aliphatic hydroxyl groups is 1. The zero-order chi connectivity index (χ0) is 8.93. The van der Waals surface area contributed by atoms with Crippen molar-refractivity contribution in [2.45, 2.75) is 46.1 Å². The lowest BCUT2D eigenvalue weighted by Crippen LogP contribution is -2.32. The SMILES string of the molecule is CC(C)(C)[C@@H]1C[C@@H]2C[C@H]1[C@H](O)C2. The van der Waals surface area contributed by atoms with Gasteiger partial charge in [0.15, 0.2) is 0 Å². The minimum atomic E-state index is 0.0213. The quantitative estimate of drug-likeness (QED) is 0.589. The molecule has 0 aromatic rings. The molecule has 2 aliphatic carbocycles. The second kappa shape index (κ2) is 2.47. The molecule has 0 spiro atoms. The van der Waals surface area contributed by atoms with Crippen LogP contribution >= 0.6 is 0 Å². The van der Waals surface area contributed by atoms with Crippen molar-refractivity contribution < 1.29 is 5.11 Å². The highest BCUT2D eigenvalue weighted by Crippen LogP contribution is 2.54. The lowest BCUT2D eigenvalue weighted by molar-refractivity contribution is 0.0373. The van der Waals surface area contributed by atoms with Gasteiger partial charge in [0.2, 0.25) is 0 Å². The Morgan fingerprint density at radius 2 is 1.75 bits per heavy atom. The minimum Gasteiger partial charge on any atom is -0.393 e. The molecule has 0 aromatic carbocycles. The minimum absolute atomic E-state index is 0.0213. The molecule has 0 unspecified atom stereocenters. The average Bonchev–Trinajstić information content (AvgIpc) is 2.41. The maximum Gasteiger partial charge on any atom is 0.0574 e. The smallest absolute Gasteiger partial charge is 0.0574 e. The Kier molecular flexibility index (Phi) is 1.76. The highest BCUT2D eigenvalue weighted by atomic mass is 16.3. The molecule has 12 heavy (non-hydrogen) atoms. The Balaban J connectivity index is 2.12. The van der Waals surface area contributed by atoms with Crippen molar-refractivity contribution in [1.29, 1.82) is 0 Å². The summed E-state index contributed by atoms with van der Waals surface area (Å²) < 4.78 is 0. The molecular formula is C11H20O. The lowest BCUT2D eigenvalue weighted by atomic mass is 9.71. The summed E-state index contributed by atoms with van der Waals surface area (Å²) in [6.07, 6.45) is 3.76. The van der Waals surface area contributed by atoms with Crippen LogP contribution in [0.15, 0.2) is 0 Å². The molecule has 0 radical (unpaired) electrons. The summed E-state index contributed by atoms with van der Waals surface area (Å²) in [5, 5.41) is 9.75. The highest BCUT2D eigenvalue weighted by Gasteiger charge is 2.49. The number of rotatable bonds is 0. The van der Waals surface area contributed by atoms with Gasteiger partial charge in [0.1, 0.15) is 0 Å². The molecule has 2 bridgehead atoms. The zero-order valence-electron chi connectivity index (χ0n) is 8.38. The monoisotopic (exact) mass is 168 g/mol. The van der Waals surface area contributed by atoms with E-state index in [-0.39, 0.29) is 6.10 Å². The van der Waals surface area contributed by atoms with E-state index in [0.29, 0.717) is 11.3 Å². The van der Waals surface area contributed by atoms with Gasteiger partial charge in [-0.2, -0.15) is 0 Å². The summed E-state index contributed by atoms with van der Waals surface area (Å²) >= 11 is 0. The van der Waals surface area contributed by atoms with Gasteiger partial charge in [-0.05, 0) is 42.4 Å². The Morgan fingerprint density at radius 1 is 1.08 bits per heavy atom.